The van der Waals surface area contributed by atoms with Crippen LogP contribution in [0.4, 0.5) is 0 Å². The van der Waals surface area contributed by atoms with Gasteiger partial charge in [-0.2, -0.15) is 0 Å². The van der Waals surface area contributed by atoms with Crippen molar-refractivity contribution in [2.75, 3.05) is 54.0 Å². The van der Waals surface area contributed by atoms with Crippen LogP contribution in [0.3, 0.4) is 0 Å². The molecule has 0 rings (SSSR count). The van der Waals surface area contributed by atoms with Gasteiger partial charge in [-0.3, -0.25) is 4.99 Å². The van der Waals surface area contributed by atoms with E-state index in [1.165, 1.54) is 25.7 Å². The number of methoxy groups -OCH3 is 1. The number of unbranched alkanes of at least 4 members (excludes halogenated alkanes) is 1. The molecular weight excluding hydrogens is 264 g/mol. The first-order valence-electron chi connectivity index (χ1n) is 8.29. The van der Waals surface area contributed by atoms with Gasteiger partial charge in [-0.15, -0.1) is 0 Å². The minimum Gasteiger partial charge on any atom is -0.383 e. The quantitative estimate of drug-likeness (QED) is 0.427. The third-order valence-electron chi connectivity index (χ3n) is 3.79. The average molecular weight is 300 g/mol. The molecule has 126 valence electrons. The molecule has 0 aliphatic rings. The third-order valence-corrected chi connectivity index (χ3v) is 3.79. The molecule has 0 aliphatic carbocycles. The summed E-state index contributed by atoms with van der Waals surface area (Å²) in [7, 11) is 5.67. The molecule has 0 amide bonds. The first-order chi connectivity index (χ1) is 10.2. The van der Waals surface area contributed by atoms with Crippen molar-refractivity contribution in [2.45, 2.75) is 39.5 Å². The first kappa shape index (κ1) is 20.2. The molecule has 0 aromatic rings. The zero-order chi connectivity index (χ0) is 15.9. The van der Waals surface area contributed by atoms with Crippen LogP contribution in [0.5, 0.6) is 0 Å². The molecule has 2 N–H and O–H groups in total. The van der Waals surface area contributed by atoms with Gasteiger partial charge >= 0.3 is 0 Å². The molecule has 0 fully saturated rings. The summed E-state index contributed by atoms with van der Waals surface area (Å²) in [5.74, 6) is 1.65. The fraction of sp³-hybridized carbons (Fsp3) is 0.938. The summed E-state index contributed by atoms with van der Waals surface area (Å²) >= 11 is 0. The molecular formula is C16H36N4O. The molecule has 0 bridgehead atoms. The third kappa shape index (κ3) is 11.5. The summed E-state index contributed by atoms with van der Waals surface area (Å²) in [6, 6.07) is 0. The zero-order valence-electron chi connectivity index (χ0n) is 14.7. The maximum absolute atomic E-state index is 5.07. The lowest BCUT2D eigenvalue weighted by molar-refractivity contribution is 0.162. The molecule has 0 aromatic carbocycles. The Hall–Kier alpha value is -0.810. The van der Waals surface area contributed by atoms with Crippen molar-refractivity contribution in [2.24, 2.45) is 10.9 Å². The number of nitrogens with zero attached hydrogens (tertiary/aromatic N) is 2. The summed E-state index contributed by atoms with van der Waals surface area (Å²) in [5.41, 5.74) is 0. The second-order valence-electron chi connectivity index (χ2n) is 5.59. The minimum absolute atomic E-state index is 0.743. The van der Waals surface area contributed by atoms with Crippen LogP contribution in [0.15, 0.2) is 4.99 Å². The predicted octanol–water partition coefficient (Wildman–Crippen LogP) is 1.95. The van der Waals surface area contributed by atoms with E-state index in [2.05, 4.69) is 41.4 Å². The molecule has 5 nitrogen and oxygen atoms in total. The number of nitrogens with one attached hydrogen (secondary N) is 2. The van der Waals surface area contributed by atoms with E-state index in [1.807, 2.05) is 7.05 Å². The lowest BCUT2D eigenvalue weighted by atomic mass is 9.99. The molecule has 1 atom stereocenters. The molecule has 5 heteroatoms. The Morgan fingerprint density at radius 3 is 2.57 bits per heavy atom. The van der Waals surface area contributed by atoms with Crippen LogP contribution >= 0.6 is 0 Å². The maximum Gasteiger partial charge on any atom is 0.191 e. The van der Waals surface area contributed by atoms with E-state index >= 15 is 0 Å². The van der Waals surface area contributed by atoms with Gasteiger partial charge in [0.15, 0.2) is 5.96 Å². The van der Waals surface area contributed by atoms with Gasteiger partial charge in [-0.05, 0) is 19.4 Å². The van der Waals surface area contributed by atoms with Crippen molar-refractivity contribution < 1.29 is 4.74 Å². The summed E-state index contributed by atoms with van der Waals surface area (Å²) in [5, 5.41) is 6.81. The number of rotatable bonds is 12. The van der Waals surface area contributed by atoms with Crippen molar-refractivity contribution in [1.29, 1.82) is 0 Å². The van der Waals surface area contributed by atoms with Crippen LogP contribution in [-0.4, -0.2) is 64.9 Å². The highest BCUT2D eigenvalue weighted by Crippen LogP contribution is 2.10. The standard InChI is InChI=1S/C16H36N4O/c1-6-8-9-15(7-2)14-19-16(17-3)18-10-11-20(4)12-13-21-5/h15H,6-14H2,1-5H3,(H2,17,18,19). The van der Waals surface area contributed by atoms with E-state index in [-0.39, 0.29) is 0 Å². The van der Waals surface area contributed by atoms with Gasteiger partial charge < -0.3 is 20.3 Å². The Bertz CT molecular complexity index is 259. The molecule has 0 spiro atoms. The molecule has 0 saturated heterocycles. The monoisotopic (exact) mass is 300 g/mol. The average Bonchev–Trinajstić information content (AvgIpc) is 2.51. The number of ether oxygens (including phenoxy) is 1. The highest BCUT2D eigenvalue weighted by Gasteiger charge is 2.07. The van der Waals surface area contributed by atoms with Crippen LogP contribution < -0.4 is 10.6 Å². The van der Waals surface area contributed by atoms with Crippen LogP contribution in [-0.2, 0) is 4.74 Å². The zero-order valence-corrected chi connectivity index (χ0v) is 14.7. The van der Waals surface area contributed by atoms with E-state index in [1.54, 1.807) is 7.11 Å². The van der Waals surface area contributed by atoms with E-state index in [0.29, 0.717) is 0 Å². The summed E-state index contributed by atoms with van der Waals surface area (Å²) in [4.78, 5) is 6.53. The Morgan fingerprint density at radius 2 is 2.00 bits per heavy atom. The van der Waals surface area contributed by atoms with Crippen molar-refractivity contribution in [3.05, 3.63) is 0 Å². The van der Waals surface area contributed by atoms with E-state index in [9.17, 15) is 0 Å². The van der Waals surface area contributed by atoms with Crippen molar-refractivity contribution in [3.63, 3.8) is 0 Å². The number of guanidine groups is 1. The normalized spacial score (nSPS) is 13.5. The van der Waals surface area contributed by atoms with Crippen molar-refractivity contribution >= 4 is 5.96 Å². The maximum atomic E-state index is 5.07. The van der Waals surface area contributed by atoms with Crippen molar-refractivity contribution in [1.82, 2.24) is 15.5 Å². The number of hydrogen-bond donors (Lipinski definition) is 2. The van der Waals surface area contributed by atoms with Gasteiger partial charge in [-0.1, -0.05) is 33.1 Å². The van der Waals surface area contributed by atoms with Gasteiger partial charge in [0.25, 0.3) is 0 Å². The minimum atomic E-state index is 0.743. The molecule has 21 heavy (non-hydrogen) atoms. The van der Waals surface area contributed by atoms with Crippen LogP contribution in [0.2, 0.25) is 0 Å². The summed E-state index contributed by atoms with van der Waals surface area (Å²) in [6.45, 7) is 9.14. The molecule has 0 aromatic heterocycles. The number of likely N-dealkylation sites (N-methyl/N-ethyl adjacent to an activating group) is 1. The van der Waals surface area contributed by atoms with Gasteiger partial charge in [-0.25, -0.2) is 0 Å². The lowest BCUT2D eigenvalue weighted by Gasteiger charge is -2.20. The number of hydrogen-bond acceptors (Lipinski definition) is 3. The van der Waals surface area contributed by atoms with Crippen molar-refractivity contribution in [3.8, 4) is 0 Å². The van der Waals surface area contributed by atoms with Crippen LogP contribution in [0.25, 0.3) is 0 Å². The molecule has 0 aliphatic heterocycles. The second kappa shape index (κ2) is 14.1. The molecule has 0 saturated carbocycles. The molecule has 1 unspecified atom stereocenters. The van der Waals surface area contributed by atoms with Gasteiger partial charge in [0, 0.05) is 40.3 Å². The van der Waals surface area contributed by atoms with Gasteiger partial charge in [0.05, 0.1) is 6.61 Å². The molecule has 0 heterocycles. The highest BCUT2D eigenvalue weighted by molar-refractivity contribution is 5.79. The van der Waals surface area contributed by atoms with E-state index in [0.717, 1.165) is 44.7 Å². The van der Waals surface area contributed by atoms with Gasteiger partial charge in [0.1, 0.15) is 0 Å². The summed E-state index contributed by atoms with van der Waals surface area (Å²) < 4.78 is 5.07. The van der Waals surface area contributed by atoms with Gasteiger partial charge in [0.2, 0.25) is 0 Å². The van der Waals surface area contributed by atoms with Crippen LogP contribution in [0, 0.1) is 5.92 Å². The van der Waals surface area contributed by atoms with E-state index < -0.39 is 0 Å². The van der Waals surface area contributed by atoms with E-state index in [4.69, 9.17) is 4.74 Å². The first-order valence-corrected chi connectivity index (χ1v) is 8.29. The Balaban J connectivity index is 3.84. The highest BCUT2D eigenvalue weighted by atomic mass is 16.5. The SMILES string of the molecule is CCCCC(CC)CNC(=NC)NCCN(C)CCOC. The summed E-state index contributed by atoms with van der Waals surface area (Å²) in [6.07, 6.45) is 5.12. The number of aliphatic imine (C=N–C) groups is 1. The topological polar surface area (TPSA) is 48.9 Å². The smallest absolute Gasteiger partial charge is 0.191 e. The fourth-order valence-electron chi connectivity index (χ4n) is 2.13. The largest absolute Gasteiger partial charge is 0.383 e. The Labute approximate surface area is 131 Å². The second-order valence-corrected chi connectivity index (χ2v) is 5.59. The lowest BCUT2D eigenvalue weighted by Crippen LogP contribution is -2.42. The Morgan fingerprint density at radius 1 is 1.24 bits per heavy atom. The van der Waals surface area contributed by atoms with Crippen LogP contribution in [0.1, 0.15) is 39.5 Å². The predicted molar refractivity (Wildman–Crippen MR) is 92.0 cm³/mol. The Kier molecular flexibility index (Phi) is 13.6. The molecule has 0 radical (unpaired) electrons. The fourth-order valence-corrected chi connectivity index (χ4v) is 2.13.